The summed E-state index contributed by atoms with van der Waals surface area (Å²) in [6.45, 7) is 6.41. The van der Waals surface area contributed by atoms with Crippen molar-refractivity contribution >= 4 is 0 Å². The van der Waals surface area contributed by atoms with E-state index < -0.39 is 5.60 Å². The summed E-state index contributed by atoms with van der Waals surface area (Å²) >= 11 is 0. The first-order valence-electron chi connectivity index (χ1n) is 7.42. The molecule has 7 heteroatoms. The van der Waals surface area contributed by atoms with E-state index in [1.165, 1.54) is 0 Å². The maximum Gasteiger partial charge on any atom is 0.123 e. The van der Waals surface area contributed by atoms with Crippen LogP contribution < -0.4 is 0 Å². The highest BCUT2D eigenvalue weighted by Crippen LogP contribution is 2.30. The van der Waals surface area contributed by atoms with Crippen LogP contribution >= 0.6 is 0 Å². The summed E-state index contributed by atoms with van der Waals surface area (Å²) in [4.78, 5) is 2.23. The molecule has 0 aliphatic carbocycles. The SMILES string of the molecule is CC(C)n1cc([C@@]2(O)CCCN(Cc3ccn[nH]3)C2)nn1. The summed E-state index contributed by atoms with van der Waals surface area (Å²) in [6, 6.07) is 2.21. The Morgan fingerprint density at radius 3 is 3.00 bits per heavy atom. The standard InChI is InChI=1S/C14H22N6O/c1-11(2)20-9-13(17-18-20)14(21)5-3-7-19(10-14)8-12-4-6-15-16-12/h4,6,9,11,21H,3,5,7-8,10H2,1-2H3,(H,15,16)/t14-/m1/s1. The molecule has 0 spiro atoms. The second kappa shape index (κ2) is 5.57. The predicted molar refractivity (Wildman–Crippen MR) is 77.4 cm³/mol. The number of hydrogen-bond donors (Lipinski definition) is 2. The summed E-state index contributed by atoms with van der Waals surface area (Å²) in [7, 11) is 0. The van der Waals surface area contributed by atoms with Gasteiger partial charge in [-0.25, -0.2) is 4.68 Å². The van der Waals surface area contributed by atoms with Gasteiger partial charge in [0.25, 0.3) is 0 Å². The molecular weight excluding hydrogens is 268 g/mol. The Bertz CT molecular complexity index is 578. The van der Waals surface area contributed by atoms with E-state index in [9.17, 15) is 5.11 Å². The number of nitrogens with zero attached hydrogens (tertiary/aromatic N) is 5. The molecule has 2 aromatic heterocycles. The van der Waals surface area contributed by atoms with E-state index in [0.717, 1.165) is 31.6 Å². The Hall–Kier alpha value is -1.73. The molecule has 3 heterocycles. The number of rotatable bonds is 4. The van der Waals surface area contributed by atoms with Crippen molar-refractivity contribution < 1.29 is 5.11 Å². The smallest absolute Gasteiger partial charge is 0.123 e. The van der Waals surface area contributed by atoms with Crippen LogP contribution in [0.25, 0.3) is 0 Å². The molecule has 3 rings (SSSR count). The molecule has 1 fully saturated rings. The minimum atomic E-state index is -0.911. The van der Waals surface area contributed by atoms with Crippen LogP contribution in [0.4, 0.5) is 0 Å². The highest BCUT2D eigenvalue weighted by atomic mass is 16.3. The van der Waals surface area contributed by atoms with Gasteiger partial charge in [0.05, 0.1) is 6.20 Å². The quantitative estimate of drug-likeness (QED) is 0.880. The second-order valence-electron chi connectivity index (χ2n) is 6.11. The van der Waals surface area contributed by atoms with Gasteiger partial charge < -0.3 is 5.11 Å². The average molecular weight is 290 g/mol. The summed E-state index contributed by atoms with van der Waals surface area (Å²) < 4.78 is 1.79. The van der Waals surface area contributed by atoms with E-state index in [-0.39, 0.29) is 6.04 Å². The molecule has 2 N–H and O–H groups in total. The van der Waals surface area contributed by atoms with Gasteiger partial charge in [-0.3, -0.25) is 10.00 Å². The summed E-state index contributed by atoms with van der Waals surface area (Å²) in [5, 5.41) is 26.2. The second-order valence-corrected chi connectivity index (χ2v) is 6.11. The van der Waals surface area contributed by atoms with Gasteiger partial charge in [-0.2, -0.15) is 5.10 Å². The molecule has 114 valence electrons. The van der Waals surface area contributed by atoms with Crippen molar-refractivity contribution in [1.29, 1.82) is 0 Å². The number of H-pyrrole nitrogens is 1. The molecule has 1 aliphatic rings. The van der Waals surface area contributed by atoms with Crippen molar-refractivity contribution in [2.75, 3.05) is 13.1 Å². The lowest BCUT2D eigenvalue weighted by Gasteiger charge is -2.37. The van der Waals surface area contributed by atoms with Crippen LogP contribution in [0.3, 0.4) is 0 Å². The monoisotopic (exact) mass is 290 g/mol. The molecule has 0 saturated carbocycles. The van der Waals surface area contributed by atoms with Crippen LogP contribution in [-0.4, -0.2) is 48.3 Å². The Kier molecular flexibility index (Phi) is 3.77. The lowest BCUT2D eigenvalue weighted by atomic mass is 9.90. The zero-order chi connectivity index (χ0) is 14.9. The predicted octanol–water partition coefficient (Wildman–Crippen LogP) is 1.07. The first-order chi connectivity index (χ1) is 10.1. The number of nitrogens with one attached hydrogen (secondary N) is 1. The molecule has 0 radical (unpaired) electrons. The van der Waals surface area contributed by atoms with Gasteiger partial charge in [0.2, 0.25) is 0 Å². The molecule has 1 aliphatic heterocycles. The third-order valence-electron chi connectivity index (χ3n) is 4.02. The summed E-state index contributed by atoms with van der Waals surface area (Å²) in [5.41, 5.74) is 0.821. The number of aromatic amines is 1. The van der Waals surface area contributed by atoms with E-state index >= 15 is 0 Å². The van der Waals surface area contributed by atoms with Crippen molar-refractivity contribution in [2.45, 2.75) is 44.9 Å². The largest absolute Gasteiger partial charge is 0.382 e. The zero-order valence-electron chi connectivity index (χ0n) is 12.5. The van der Waals surface area contributed by atoms with E-state index in [1.54, 1.807) is 10.9 Å². The van der Waals surface area contributed by atoms with Crippen LogP contribution in [0.5, 0.6) is 0 Å². The molecule has 1 atom stereocenters. The Morgan fingerprint density at radius 1 is 1.48 bits per heavy atom. The van der Waals surface area contributed by atoms with Crippen molar-refractivity contribution in [3.05, 3.63) is 29.8 Å². The molecule has 1 saturated heterocycles. The van der Waals surface area contributed by atoms with Gasteiger partial charge in [-0.1, -0.05) is 5.21 Å². The maximum absolute atomic E-state index is 11.0. The third-order valence-corrected chi connectivity index (χ3v) is 4.02. The number of β-amino-alcohol motifs (C(OH)–C–C–N with tert-alkyl or cyclic N) is 1. The van der Waals surface area contributed by atoms with E-state index in [4.69, 9.17) is 0 Å². The number of aromatic nitrogens is 5. The highest BCUT2D eigenvalue weighted by molar-refractivity contribution is 5.10. The number of aliphatic hydroxyl groups is 1. The van der Waals surface area contributed by atoms with Crippen LogP contribution in [0.1, 0.15) is 44.1 Å². The van der Waals surface area contributed by atoms with E-state index in [0.29, 0.717) is 12.2 Å². The normalized spacial score (nSPS) is 23.8. The maximum atomic E-state index is 11.0. The molecule has 7 nitrogen and oxygen atoms in total. The summed E-state index contributed by atoms with van der Waals surface area (Å²) in [5.74, 6) is 0. The van der Waals surface area contributed by atoms with Crippen LogP contribution in [0, 0.1) is 0 Å². The topological polar surface area (TPSA) is 82.9 Å². The molecule has 0 aromatic carbocycles. The molecule has 0 unspecified atom stereocenters. The van der Waals surface area contributed by atoms with Crippen molar-refractivity contribution in [1.82, 2.24) is 30.1 Å². The fourth-order valence-electron chi connectivity index (χ4n) is 2.82. The average Bonchev–Trinajstić information content (AvgIpc) is 3.09. The first kappa shape index (κ1) is 14.2. The van der Waals surface area contributed by atoms with Crippen LogP contribution in [-0.2, 0) is 12.1 Å². The number of piperidine rings is 1. The van der Waals surface area contributed by atoms with E-state index in [1.807, 2.05) is 26.1 Å². The van der Waals surface area contributed by atoms with Crippen LogP contribution in [0.15, 0.2) is 18.5 Å². The van der Waals surface area contributed by atoms with Gasteiger partial charge in [0, 0.05) is 31.0 Å². The Labute approximate surface area is 124 Å². The zero-order valence-corrected chi connectivity index (χ0v) is 12.5. The number of likely N-dealkylation sites (tertiary alicyclic amines) is 1. The highest BCUT2D eigenvalue weighted by Gasteiger charge is 2.37. The molecule has 0 amide bonds. The minimum Gasteiger partial charge on any atom is -0.382 e. The lowest BCUT2D eigenvalue weighted by molar-refractivity contribution is -0.0417. The molecule has 0 bridgehead atoms. The van der Waals surface area contributed by atoms with Gasteiger partial charge in [-0.05, 0) is 39.3 Å². The fourth-order valence-corrected chi connectivity index (χ4v) is 2.82. The molecule has 2 aromatic rings. The minimum absolute atomic E-state index is 0.250. The van der Waals surface area contributed by atoms with Gasteiger partial charge in [-0.15, -0.1) is 5.10 Å². The Balaban J connectivity index is 1.73. The van der Waals surface area contributed by atoms with Gasteiger partial charge in [0.15, 0.2) is 0 Å². The number of hydrogen-bond acceptors (Lipinski definition) is 5. The fraction of sp³-hybridized carbons (Fsp3) is 0.643. The van der Waals surface area contributed by atoms with Gasteiger partial charge in [0.1, 0.15) is 11.3 Å². The summed E-state index contributed by atoms with van der Waals surface area (Å²) in [6.07, 6.45) is 5.28. The van der Waals surface area contributed by atoms with Gasteiger partial charge >= 0.3 is 0 Å². The van der Waals surface area contributed by atoms with Crippen molar-refractivity contribution in [3.8, 4) is 0 Å². The lowest BCUT2D eigenvalue weighted by Crippen LogP contribution is -2.46. The third kappa shape index (κ3) is 2.98. The molecular formula is C14H22N6O. The first-order valence-corrected chi connectivity index (χ1v) is 7.42. The van der Waals surface area contributed by atoms with Crippen LogP contribution in [0.2, 0.25) is 0 Å². The molecule has 21 heavy (non-hydrogen) atoms. The Morgan fingerprint density at radius 2 is 2.33 bits per heavy atom. The van der Waals surface area contributed by atoms with E-state index in [2.05, 4.69) is 25.4 Å². The van der Waals surface area contributed by atoms with Crippen molar-refractivity contribution in [2.24, 2.45) is 0 Å². The van der Waals surface area contributed by atoms with Crippen molar-refractivity contribution in [3.63, 3.8) is 0 Å².